The summed E-state index contributed by atoms with van der Waals surface area (Å²) in [7, 11) is 1.79. The average molecular weight is 344 g/mol. The minimum atomic E-state index is -0.822. The van der Waals surface area contributed by atoms with Crippen LogP contribution in [-0.2, 0) is 9.53 Å². The van der Waals surface area contributed by atoms with E-state index in [1.54, 1.807) is 24.3 Å². The van der Waals surface area contributed by atoms with Gasteiger partial charge in [0, 0.05) is 32.0 Å². The van der Waals surface area contributed by atoms with Gasteiger partial charge in [-0.2, -0.15) is 0 Å². The highest BCUT2D eigenvalue weighted by Crippen LogP contribution is 2.26. The summed E-state index contributed by atoms with van der Waals surface area (Å²) < 4.78 is 6.67. The number of carbonyl (C=O) groups is 1. The first kappa shape index (κ1) is 15.2. The third-order valence-corrected chi connectivity index (χ3v) is 3.76. The van der Waals surface area contributed by atoms with E-state index in [4.69, 9.17) is 9.84 Å². The van der Waals surface area contributed by atoms with Crippen molar-refractivity contribution in [2.24, 2.45) is 0 Å². The van der Waals surface area contributed by atoms with Crippen LogP contribution in [0, 0.1) is 0 Å². The summed E-state index contributed by atoms with van der Waals surface area (Å²) in [4.78, 5) is 18.7. The van der Waals surface area contributed by atoms with E-state index < -0.39 is 5.97 Å². The number of carboxylic acids is 1. The number of halogens is 1. The van der Waals surface area contributed by atoms with Gasteiger partial charge in [0.25, 0.3) is 0 Å². The van der Waals surface area contributed by atoms with Crippen molar-refractivity contribution in [2.45, 2.75) is 6.10 Å². The predicted octanol–water partition coefficient (Wildman–Crippen LogP) is 1.07. The van der Waals surface area contributed by atoms with E-state index in [0.29, 0.717) is 13.2 Å². The molecule has 20 heavy (non-hydrogen) atoms. The molecule has 2 rings (SSSR count). The maximum atomic E-state index is 10.7. The molecule has 1 saturated heterocycles. The van der Waals surface area contributed by atoms with Gasteiger partial charge in [-0.05, 0) is 29.0 Å². The molecule has 0 bridgehead atoms. The fourth-order valence-electron chi connectivity index (χ4n) is 2.32. The summed E-state index contributed by atoms with van der Waals surface area (Å²) in [5.74, 6) is -0.822. The molecule has 1 unspecified atom stereocenters. The van der Waals surface area contributed by atoms with Crippen LogP contribution in [0.3, 0.4) is 0 Å². The molecule has 1 aliphatic heterocycles. The van der Waals surface area contributed by atoms with Crippen molar-refractivity contribution in [1.82, 2.24) is 9.88 Å². The summed E-state index contributed by atoms with van der Waals surface area (Å²) in [5.41, 5.74) is 1.09. The topological polar surface area (TPSA) is 65.9 Å². The molecule has 1 fully saturated rings. The van der Waals surface area contributed by atoms with Crippen molar-refractivity contribution in [3.05, 3.63) is 22.9 Å². The van der Waals surface area contributed by atoms with Crippen molar-refractivity contribution in [3.63, 3.8) is 0 Å². The van der Waals surface area contributed by atoms with Crippen molar-refractivity contribution >= 4 is 27.6 Å². The monoisotopic (exact) mass is 343 g/mol. The SMILES string of the molecule is CN(CC(=O)O)CC1CN(c2ccncc2Br)CCO1. The largest absolute Gasteiger partial charge is 0.480 e. The van der Waals surface area contributed by atoms with Crippen LogP contribution in [0.5, 0.6) is 0 Å². The van der Waals surface area contributed by atoms with E-state index in [1.807, 2.05) is 6.07 Å². The van der Waals surface area contributed by atoms with Crippen LogP contribution in [0.25, 0.3) is 0 Å². The lowest BCUT2D eigenvalue weighted by molar-refractivity contribution is -0.138. The smallest absolute Gasteiger partial charge is 0.317 e. The van der Waals surface area contributed by atoms with Gasteiger partial charge in [-0.25, -0.2) is 0 Å². The summed E-state index contributed by atoms with van der Waals surface area (Å²) in [5, 5.41) is 8.77. The number of ether oxygens (including phenoxy) is 1. The lowest BCUT2D eigenvalue weighted by Gasteiger charge is -2.36. The number of aromatic nitrogens is 1. The van der Waals surface area contributed by atoms with E-state index in [1.165, 1.54) is 0 Å². The number of hydrogen-bond acceptors (Lipinski definition) is 5. The number of morpholine rings is 1. The molecular formula is C13H18BrN3O3. The first-order valence-corrected chi connectivity index (χ1v) is 7.22. The number of pyridine rings is 1. The van der Waals surface area contributed by atoms with Crippen molar-refractivity contribution in [1.29, 1.82) is 0 Å². The van der Waals surface area contributed by atoms with Crippen molar-refractivity contribution in [3.8, 4) is 0 Å². The fraction of sp³-hybridized carbons (Fsp3) is 0.538. The molecule has 6 nitrogen and oxygen atoms in total. The maximum absolute atomic E-state index is 10.7. The molecule has 7 heteroatoms. The van der Waals surface area contributed by atoms with Crippen LogP contribution in [0.4, 0.5) is 5.69 Å². The molecule has 0 saturated carbocycles. The second-order valence-electron chi connectivity index (χ2n) is 4.86. The van der Waals surface area contributed by atoms with Gasteiger partial charge in [0.15, 0.2) is 0 Å². The average Bonchev–Trinajstić information content (AvgIpc) is 2.38. The zero-order valence-electron chi connectivity index (χ0n) is 11.3. The molecule has 2 heterocycles. The number of nitrogens with zero attached hydrogens (tertiary/aromatic N) is 3. The number of anilines is 1. The molecule has 1 aromatic heterocycles. The molecule has 1 aliphatic rings. The van der Waals surface area contributed by atoms with Crippen molar-refractivity contribution in [2.75, 3.05) is 44.7 Å². The van der Waals surface area contributed by atoms with Gasteiger partial charge in [-0.15, -0.1) is 0 Å². The van der Waals surface area contributed by atoms with E-state index in [2.05, 4.69) is 25.8 Å². The summed E-state index contributed by atoms with van der Waals surface area (Å²) in [6.07, 6.45) is 3.55. The third-order valence-electron chi connectivity index (χ3n) is 3.15. The van der Waals surface area contributed by atoms with E-state index in [-0.39, 0.29) is 12.6 Å². The number of carboxylic acid groups (broad SMARTS) is 1. The molecule has 1 atom stereocenters. The fourth-order valence-corrected chi connectivity index (χ4v) is 2.82. The third kappa shape index (κ3) is 4.16. The van der Waals surface area contributed by atoms with Gasteiger partial charge in [0.05, 0.1) is 29.4 Å². The zero-order chi connectivity index (χ0) is 14.5. The normalized spacial score (nSPS) is 19.4. The molecule has 110 valence electrons. The van der Waals surface area contributed by atoms with Gasteiger partial charge in [0.1, 0.15) is 0 Å². The Balaban J connectivity index is 1.95. The molecule has 0 radical (unpaired) electrons. The molecule has 0 spiro atoms. The Morgan fingerprint density at radius 2 is 2.50 bits per heavy atom. The highest BCUT2D eigenvalue weighted by atomic mass is 79.9. The molecule has 1 N–H and O–H groups in total. The Morgan fingerprint density at radius 1 is 1.70 bits per heavy atom. The Labute approximate surface area is 126 Å². The highest BCUT2D eigenvalue weighted by Gasteiger charge is 2.23. The highest BCUT2D eigenvalue weighted by molar-refractivity contribution is 9.10. The second kappa shape index (κ2) is 7.01. The van der Waals surface area contributed by atoms with Gasteiger partial charge in [0.2, 0.25) is 0 Å². The van der Waals surface area contributed by atoms with Crippen LogP contribution in [0.2, 0.25) is 0 Å². The first-order valence-electron chi connectivity index (χ1n) is 6.42. The number of rotatable bonds is 5. The number of likely N-dealkylation sites (N-methyl/N-ethyl adjacent to an activating group) is 1. The van der Waals surface area contributed by atoms with Gasteiger partial charge in [-0.1, -0.05) is 0 Å². The first-order chi connectivity index (χ1) is 9.56. The van der Waals surface area contributed by atoms with Crippen LogP contribution < -0.4 is 4.90 Å². The molecular weight excluding hydrogens is 326 g/mol. The quantitative estimate of drug-likeness (QED) is 0.862. The van der Waals surface area contributed by atoms with E-state index in [9.17, 15) is 4.79 Å². The molecule has 0 aliphatic carbocycles. The zero-order valence-corrected chi connectivity index (χ0v) is 12.9. The number of hydrogen-bond donors (Lipinski definition) is 1. The lowest BCUT2D eigenvalue weighted by Crippen LogP contribution is -2.47. The lowest BCUT2D eigenvalue weighted by atomic mass is 10.2. The minimum absolute atomic E-state index is 0.00756. The predicted molar refractivity (Wildman–Crippen MR) is 79.0 cm³/mol. The Morgan fingerprint density at radius 3 is 3.20 bits per heavy atom. The molecule has 0 amide bonds. The standard InChI is InChI=1S/C13H18BrN3O3/c1-16(9-13(18)19)7-10-8-17(4-5-20-10)12-2-3-15-6-11(12)14/h2-3,6,10H,4-5,7-9H2,1H3,(H,18,19). The van der Waals surface area contributed by atoms with Gasteiger partial charge in [-0.3, -0.25) is 14.7 Å². The van der Waals surface area contributed by atoms with Crippen LogP contribution in [-0.4, -0.2) is 66.9 Å². The summed E-state index contributed by atoms with van der Waals surface area (Å²) in [6, 6.07) is 1.97. The molecule has 1 aromatic rings. The number of aliphatic carboxylic acids is 1. The Bertz CT molecular complexity index is 472. The maximum Gasteiger partial charge on any atom is 0.317 e. The van der Waals surface area contributed by atoms with Crippen LogP contribution in [0.1, 0.15) is 0 Å². The Kier molecular flexibility index (Phi) is 5.33. The van der Waals surface area contributed by atoms with Crippen LogP contribution >= 0.6 is 15.9 Å². The second-order valence-corrected chi connectivity index (χ2v) is 5.71. The van der Waals surface area contributed by atoms with Gasteiger partial charge >= 0.3 is 5.97 Å². The van der Waals surface area contributed by atoms with Crippen LogP contribution in [0.15, 0.2) is 22.9 Å². The molecule has 0 aromatic carbocycles. The van der Waals surface area contributed by atoms with E-state index >= 15 is 0 Å². The summed E-state index contributed by atoms with van der Waals surface area (Å²) >= 11 is 3.50. The summed E-state index contributed by atoms with van der Waals surface area (Å²) in [6.45, 7) is 2.83. The van der Waals surface area contributed by atoms with Crippen molar-refractivity contribution < 1.29 is 14.6 Å². The van der Waals surface area contributed by atoms with Gasteiger partial charge < -0.3 is 14.7 Å². The Hall–Kier alpha value is -1.18. The minimum Gasteiger partial charge on any atom is -0.480 e. The van der Waals surface area contributed by atoms with E-state index in [0.717, 1.165) is 23.2 Å².